The molecular formula is C20H18FN5OS. The Morgan fingerprint density at radius 3 is 2.57 bits per heavy atom. The first kappa shape index (κ1) is 18.1. The SMILES string of the molecule is COc1ccc(-n2ccc(CNc3nnc(Cc4ccc(F)cc4)s3)n2)cc1. The van der Waals surface area contributed by atoms with Crippen molar-refractivity contribution in [3.63, 3.8) is 0 Å². The molecule has 2 heterocycles. The lowest BCUT2D eigenvalue weighted by atomic mass is 10.2. The van der Waals surface area contributed by atoms with E-state index < -0.39 is 0 Å². The maximum atomic E-state index is 13.0. The van der Waals surface area contributed by atoms with Crippen LogP contribution in [0.2, 0.25) is 0 Å². The van der Waals surface area contributed by atoms with Gasteiger partial charge < -0.3 is 10.1 Å². The van der Waals surface area contributed by atoms with Gasteiger partial charge in [-0.1, -0.05) is 23.5 Å². The molecule has 0 saturated carbocycles. The van der Waals surface area contributed by atoms with E-state index in [1.807, 2.05) is 41.2 Å². The fourth-order valence-electron chi connectivity index (χ4n) is 2.67. The van der Waals surface area contributed by atoms with Gasteiger partial charge in [0.2, 0.25) is 5.13 Å². The van der Waals surface area contributed by atoms with Crippen LogP contribution < -0.4 is 10.1 Å². The molecule has 0 spiro atoms. The predicted octanol–water partition coefficient (Wildman–Crippen LogP) is 4.07. The summed E-state index contributed by atoms with van der Waals surface area (Å²) in [5.74, 6) is 0.572. The van der Waals surface area contributed by atoms with Crippen molar-refractivity contribution in [2.45, 2.75) is 13.0 Å². The smallest absolute Gasteiger partial charge is 0.206 e. The summed E-state index contributed by atoms with van der Waals surface area (Å²) in [7, 11) is 1.64. The van der Waals surface area contributed by atoms with Gasteiger partial charge in [0, 0.05) is 12.6 Å². The number of nitrogens with zero attached hydrogens (tertiary/aromatic N) is 4. The Bertz CT molecular complexity index is 1040. The second-order valence-corrected chi connectivity index (χ2v) is 7.17. The third-order valence-corrected chi connectivity index (χ3v) is 5.02. The van der Waals surface area contributed by atoms with Crippen molar-refractivity contribution in [3.05, 3.63) is 82.9 Å². The summed E-state index contributed by atoms with van der Waals surface area (Å²) in [4.78, 5) is 0. The van der Waals surface area contributed by atoms with Gasteiger partial charge in [-0.25, -0.2) is 9.07 Å². The lowest BCUT2D eigenvalue weighted by molar-refractivity contribution is 0.414. The monoisotopic (exact) mass is 395 g/mol. The van der Waals surface area contributed by atoms with Crippen molar-refractivity contribution in [1.82, 2.24) is 20.0 Å². The maximum absolute atomic E-state index is 13.0. The van der Waals surface area contributed by atoms with Crippen LogP contribution in [0.1, 0.15) is 16.3 Å². The molecule has 4 rings (SSSR count). The van der Waals surface area contributed by atoms with Gasteiger partial charge >= 0.3 is 0 Å². The highest BCUT2D eigenvalue weighted by molar-refractivity contribution is 7.15. The van der Waals surface area contributed by atoms with Gasteiger partial charge in [-0.3, -0.25) is 0 Å². The number of hydrogen-bond acceptors (Lipinski definition) is 6. The minimum Gasteiger partial charge on any atom is -0.497 e. The van der Waals surface area contributed by atoms with Crippen LogP contribution in [0.15, 0.2) is 60.8 Å². The molecule has 4 aromatic rings. The molecule has 2 aromatic heterocycles. The fraction of sp³-hybridized carbons (Fsp3) is 0.150. The first-order valence-electron chi connectivity index (χ1n) is 8.69. The van der Waals surface area contributed by atoms with Gasteiger partial charge in [-0.05, 0) is 48.0 Å². The van der Waals surface area contributed by atoms with Crippen LogP contribution >= 0.6 is 11.3 Å². The molecule has 0 aliphatic rings. The number of anilines is 1. The lowest BCUT2D eigenvalue weighted by Crippen LogP contribution is -2.01. The summed E-state index contributed by atoms with van der Waals surface area (Å²) >= 11 is 1.48. The Morgan fingerprint density at radius 2 is 1.82 bits per heavy atom. The molecule has 28 heavy (non-hydrogen) atoms. The molecule has 0 saturated heterocycles. The minimum atomic E-state index is -0.238. The zero-order valence-corrected chi connectivity index (χ0v) is 16.0. The zero-order chi connectivity index (χ0) is 19.3. The van der Waals surface area contributed by atoms with Crippen LogP contribution in [0.25, 0.3) is 5.69 Å². The molecule has 8 heteroatoms. The van der Waals surface area contributed by atoms with Crippen molar-refractivity contribution < 1.29 is 9.13 Å². The molecule has 1 N–H and O–H groups in total. The van der Waals surface area contributed by atoms with Gasteiger partial charge in [-0.15, -0.1) is 10.2 Å². The number of benzene rings is 2. The van der Waals surface area contributed by atoms with Crippen molar-refractivity contribution in [2.24, 2.45) is 0 Å². The van der Waals surface area contributed by atoms with Gasteiger partial charge in [0.05, 0.1) is 25.0 Å². The van der Waals surface area contributed by atoms with Gasteiger partial charge in [-0.2, -0.15) is 5.10 Å². The number of methoxy groups -OCH3 is 1. The first-order chi connectivity index (χ1) is 13.7. The van der Waals surface area contributed by atoms with E-state index in [9.17, 15) is 4.39 Å². The second kappa shape index (κ2) is 8.18. The summed E-state index contributed by atoms with van der Waals surface area (Å²) in [6.07, 6.45) is 2.55. The van der Waals surface area contributed by atoms with E-state index in [4.69, 9.17) is 4.74 Å². The second-order valence-electron chi connectivity index (χ2n) is 6.11. The quantitative estimate of drug-likeness (QED) is 0.511. The van der Waals surface area contributed by atoms with Crippen LogP contribution in [-0.2, 0) is 13.0 Å². The number of rotatable bonds is 7. The highest BCUT2D eigenvalue weighted by Crippen LogP contribution is 2.20. The van der Waals surface area contributed by atoms with Crippen LogP contribution in [0.3, 0.4) is 0 Å². The number of halogens is 1. The molecule has 2 aromatic carbocycles. The third-order valence-electron chi connectivity index (χ3n) is 4.14. The number of aromatic nitrogens is 4. The van der Waals surface area contributed by atoms with E-state index in [1.54, 1.807) is 19.2 Å². The standard InChI is InChI=1S/C20H18FN5OS/c1-27-18-8-6-17(7-9-18)26-11-10-16(25-26)13-22-20-24-23-19(28-20)12-14-2-4-15(21)5-3-14/h2-11H,12-13H2,1H3,(H,22,24). The summed E-state index contributed by atoms with van der Waals surface area (Å²) in [6.45, 7) is 0.550. The van der Waals surface area contributed by atoms with Crippen LogP contribution in [0, 0.1) is 5.82 Å². The largest absolute Gasteiger partial charge is 0.497 e. The molecule has 0 fully saturated rings. The van der Waals surface area contributed by atoms with E-state index in [2.05, 4.69) is 20.6 Å². The maximum Gasteiger partial charge on any atom is 0.206 e. The van der Waals surface area contributed by atoms with E-state index in [1.165, 1.54) is 23.5 Å². The lowest BCUT2D eigenvalue weighted by Gasteiger charge is -2.03. The third kappa shape index (κ3) is 4.34. The molecule has 0 radical (unpaired) electrons. The van der Waals surface area contributed by atoms with Gasteiger partial charge in [0.15, 0.2) is 0 Å². The highest BCUT2D eigenvalue weighted by Gasteiger charge is 2.07. The molecule has 0 atom stereocenters. The fourth-order valence-corrected chi connectivity index (χ4v) is 3.44. The van der Waals surface area contributed by atoms with Crippen molar-refractivity contribution in [3.8, 4) is 11.4 Å². The predicted molar refractivity (Wildman–Crippen MR) is 107 cm³/mol. The van der Waals surface area contributed by atoms with Crippen molar-refractivity contribution in [1.29, 1.82) is 0 Å². The average molecular weight is 395 g/mol. The Hall–Kier alpha value is -3.26. The number of hydrogen-bond donors (Lipinski definition) is 1. The van der Waals surface area contributed by atoms with Crippen LogP contribution in [-0.4, -0.2) is 27.1 Å². The van der Waals surface area contributed by atoms with E-state index in [-0.39, 0.29) is 5.82 Å². The molecule has 0 aliphatic heterocycles. The molecule has 0 unspecified atom stereocenters. The Morgan fingerprint density at radius 1 is 1.04 bits per heavy atom. The summed E-state index contributed by atoms with van der Waals surface area (Å²) in [5, 5.41) is 17.8. The molecule has 6 nitrogen and oxygen atoms in total. The highest BCUT2D eigenvalue weighted by atomic mass is 32.1. The van der Waals surface area contributed by atoms with Crippen LogP contribution in [0.5, 0.6) is 5.75 Å². The van der Waals surface area contributed by atoms with E-state index in [0.29, 0.717) is 13.0 Å². The van der Waals surface area contributed by atoms with Crippen LogP contribution in [0.4, 0.5) is 9.52 Å². The summed E-state index contributed by atoms with van der Waals surface area (Å²) in [5.41, 5.74) is 2.86. The molecule has 0 amide bonds. The first-order valence-corrected chi connectivity index (χ1v) is 9.51. The van der Waals surface area contributed by atoms with Crippen molar-refractivity contribution >= 4 is 16.5 Å². The average Bonchev–Trinajstić information content (AvgIpc) is 3.38. The van der Waals surface area contributed by atoms with Crippen molar-refractivity contribution in [2.75, 3.05) is 12.4 Å². The topological polar surface area (TPSA) is 64.9 Å². The number of nitrogens with one attached hydrogen (secondary N) is 1. The Labute approximate surface area is 165 Å². The van der Waals surface area contributed by atoms with Gasteiger partial charge in [0.25, 0.3) is 0 Å². The Balaban J connectivity index is 1.35. The minimum absolute atomic E-state index is 0.238. The number of ether oxygens (including phenoxy) is 1. The molecule has 0 aliphatic carbocycles. The summed E-state index contributed by atoms with van der Waals surface area (Å²) < 4.78 is 20.0. The molecule has 142 valence electrons. The molecular weight excluding hydrogens is 377 g/mol. The zero-order valence-electron chi connectivity index (χ0n) is 15.2. The van der Waals surface area contributed by atoms with Gasteiger partial charge in [0.1, 0.15) is 16.6 Å². The van der Waals surface area contributed by atoms with E-state index in [0.717, 1.165) is 32.8 Å². The molecule has 0 bridgehead atoms. The van der Waals surface area contributed by atoms with E-state index >= 15 is 0 Å². The summed E-state index contributed by atoms with van der Waals surface area (Å²) in [6, 6.07) is 16.1. The normalized spacial score (nSPS) is 10.8. The Kier molecular flexibility index (Phi) is 5.29.